The van der Waals surface area contributed by atoms with Crippen molar-refractivity contribution in [3.8, 4) is 89.4 Å². The summed E-state index contributed by atoms with van der Waals surface area (Å²) in [6.45, 7) is 0. The molecule has 12 aromatic rings. The minimum Gasteiger partial charge on any atom is -0.265 e. The maximum absolute atomic E-state index is 5.47. The molecule has 4 heterocycles. The third-order valence-electron chi connectivity index (χ3n) is 14.5. The lowest BCUT2D eigenvalue weighted by molar-refractivity contribution is 0.794. The molecule has 0 bridgehead atoms. The van der Waals surface area contributed by atoms with Crippen LogP contribution in [-0.4, -0.2) is 19.9 Å². The quantitative estimate of drug-likeness (QED) is 0.156. The maximum atomic E-state index is 5.47. The van der Waals surface area contributed by atoms with Crippen LogP contribution in [-0.2, 0) is 5.41 Å². The van der Waals surface area contributed by atoms with Crippen molar-refractivity contribution in [2.75, 3.05) is 0 Å². The Kier molecular flexibility index (Phi) is 8.77. The first-order valence-corrected chi connectivity index (χ1v) is 23.5. The standard InChI is InChI=1S/C65H40N4/c1-5-13-55-50(9-1)51-10-2-6-14-56(51)65(55)57-15-7-3-11-52(57)63-58(65)30-29-54-62(63)53-12-4-8-16-59(53)69-64(54)48-27-21-43(22-28-48)49-39-60(46-23-17-41(18-24-46)44-31-35-66-36-32-44)68-61(40-49)47-25-19-42(20-26-47)45-33-37-67-38-34-45/h1-40H. The Morgan fingerprint density at radius 1 is 0.290 bits per heavy atom. The van der Waals surface area contributed by atoms with Crippen LogP contribution in [0.5, 0.6) is 0 Å². The van der Waals surface area contributed by atoms with Gasteiger partial charge < -0.3 is 0 Å². The smallest absolute Gasteiger partial charge is 0.0788 e. The lowest BCUT2D eigenvalue weighted by Crippen LogP contribution is -2.25. The summed E-state index contributed by atoms with van der Waals surface area (Å²) in [4.78, 5) is 19.2. The van der Waals surface area contributed by atoms with Crippen molar-refractivity contribution in [2.24, 2.45) is 0 Å². The zero-order chi connectivity index (χ0) is 45.5. The largest absolute Gasteiger partial charge is 0.265 e. The van der Waals surface area contributed by atoms with Crippen LogP contribution in [0.15, 0.2) is 243 Å². The highest BCUT2D eigenvalue weighted by molar-refractivity contribution is 6.20. The maximum Gasteiger partial charge on any atom is 0.0788 e. The number of pyridine rings is 4. The summed E-state index contributed by atoms with van der Waals surface area (Å²) in [5, 5.41) is 3.55. The van der Waals surface area contributed by atoms with E-state index in [2.05, 4.69) is 204 Å². The SMILES string of the molecule is c1ccc2c(c1)-c1ccccc1C21c2ccccc2-c2c1ccc1c(-c3ccc(-c4cc(-c5ccc(-c6ccncc6)cc5)nc(-c5ccc(-c6ccncc6)cc5)c4)cc3)nc3ccccc3c21. The first-order valence-electron chi connectivity index (χ1n) is 23.5. The Bertz CT molecular complexity index is 3830. The van der Waals surface area contributed by atoms with Gasteiger partial charge in [-0.1, -0.05) is 176 Å². The molecule has 2 aliphatic rings. The van der Waals surface area contributed by atoms with Crippen LogP contribution < -0.4 is 0 Å². The summed E-state index contributed by atoms with van der Waals surface area (Å²) in [7, 11) is 0. The van der Waals surface area contributed by atoms with Crippen LogP contribution in [0.3, 0.4) is 0 Å². The Labute approximate surface area is 400 Å². The van der Waals surface area contributed by atoms with Crippen molar-refractivity contribution in [3.63, 3.8) is 0 Å². The first kappa shape index (κ1) is 39.1. The van der Waals surface area contributed by atoms with Gasteiger partial charge >= 0.3 is 0 Å². The van der Waals surface area contributed by atoms with Gasteiger partial charge in [0.25, 0.3) is 0 Å². The number of hydrogen-bond donors (Lipinski definition) is 0. The minimum absolute atomic E-state index is 0.426. The molecule has 0 saturated carbocycles. The van der Waals surface area contributed by atoms with E-state index in [9.17, 15) is 0 Å². The fraction of sp³-hybridized carbons (Fsp3) is 0.0154. The molecule has 4 aromatic heterocycles. The average molecular weight is 877 g/mol. The van der Waals surface area contributed by atoms with Crippen LogP contribution in [0.25, 0.3) is 111 Å². The Hall–Kier alpha value is -9.12. The molecule has 4 nitrogen and oxygen atoms in total. The summed E-state index contributed by atoms with van der Waals surface area (Å²) in [5.74, 6) is 0. The van der Waals surface area contributed by atoms with Gasteiger partial charge in [-0.15, -0.1) is 0 Å². The fourth-order valence-electron chi connectivity index (χ4n) is 11.4. The molecule has 0 fully saturated rings. The molecule has 1 spiro atoms. The number of para-hydroxylation sites is 1. The van der Waals surface area contributed by atoms with Gasteiger partial charge in [-0.05, 0) is 120 Å². The minimum atomic E-state index is -0.426. The molecule has 8 aromatic carbocycles. The second kappa shape index (κ2) is 15.5. The molecular weight excluding hydrogens is 837 g/mol. The van der Waals surface area contributed by atoms with Crippen molar-refractivity contribution in [1.82, 2.24) is 19.9 Å². The van der Waals surface area contributed by atoms with Gasteiger partial charge in [0.2, 0.25) is 0 Å². The topological polar surface area (TPSA) is 51.6 Å². The molecule has 69 heavy (non-hydrogen) atoms. The Morgan fingerprint density at radius 2 is 0.725 bits per heavy atom. The molecule has 0 amide bonds. The van der Waals surface area contributed by atoms with Crippen LogP contribution >= 0.6 is 0 Å². The predicted octanol–water partition coefficient (Wildman–Crippen LogP) is 15.9. The monoisotopic (exact) mass is 876 g/mol. The van der Waals surface area contributed by atoms with Crippen LogP contribution in [0.1, 0.15) is 22.3 Å². The number of rotatable bonds is 6. The molecule has 0 radical (unpaired) electrons. The van der Waals surface area contributed by atoms with E-state index >= 15 is 0 Å². The summed E-state index contributed by atoms with van der Waals surface area (Å²) in [6, 6.07) is 79.4. The number of nitrogens with zero attached hydrogens (tertiary/aromatic N) is 4. The number of fused-ring (bicyclic) bond motifs is 14. The highest BCUT2D eigenvalue weighted by Gasteiger charge is 2.52. The van der Waals surface area contributed by atoms with E-state index < -0.39 is 5.41 Å². The van der Waals surface area contributed by atoms with Gasteiger partial charge in [0.05, 0.1) is 28.0 Å². The van der Waals surface area contributed by atoms with E-state index in [1.807, 2.05) is 49.1 Å². The molecular formula is C65H40N4. The van der Waals surface area contributed by atoms with Gasteiger partial charge in [-0.2, -0.15) is 0 Å². The van der Waals surface area contributed by atoms with Crippen LogP contribution in [0.2, 0.25) is 0 Å². The molecule has 0 N–H and O–H groups in total. The Morgan fingerprint density at radius 3 is 1.29 bits per heavy atom. The van der Waals surface area contributed by atoms with E-state index in [4.69, 9.17) is 9.97 Å². The number of hydrogen-bond acceptors (Lipinski definition) is 4. The molecule has 320 valence electrons. The number of aromatic nitrogens is 4. The zero-order valence-electron chi connectivity index (χ0n) is 37.4. The summed E-state index contributed by atoms with van der Waals surface area (Å²) in [5.41, 5.74) is 23.8. The van der Waals surface area contributed by atoms with Crippen molar-refractivity contribution in [2.45, 2.75) is 5.41 Å². The molecule has 2 aliphatic carbocycles. The van der Waals surface area contributed by atoms with Crippen molar-refractivity contribution >= 4 is 21.7 Å². The lowest BCUT2D eigenvalue weighted by Gasteiger charge is -2.30. The zero-order valence-corrected chi connectivity index (χ0v) is 37.4. The van der Waals surface area contributed by atoms with Gasteiger partial charge in [-0.25, -0.2) is 9.97 Å². The second-order valence-electron chi connectivity index (χ2n) is 18.1. The average Bonchev–Trinajstić information content (AvgIpc) is 3.91. The Balaban J connectivity index is 0.914. The third kappa shape index (κ3) is 6.02. The van der Waals surface area contributed by atoms with E-state index in [0.29, 0.717) is 0 Å². The second-order valence-corrected chi connectivity index (χ2v) is 18.1. The molecule has 0 aliphatic heterocycles. The summed E-state index contributed by atoms with van der Waals surface area (Å²) >= 11 is 0. The van der Waals surface area contributed by atoms with Crippen molar-refractivity contribution in [3.05, 3.63) is 265 Å². The highest BCUT2D eigenvalue weighted by atomic mass is 14.7. The summed E-state index contributed by atoms with van der Waals surface area (Å²) < 4.78 is 0. The summed E-state index contributed by atoms with van der Waals surface area (Å²) in [6.07, 6.45) is 7.33. The molecule has 14 rings (SSSR count). The number of benzene rings is 8. The molecule has 4 heteroatoms. The molecule has 0 unspecified atom stereocenters. The molecule has 0 atom stereocenters. The van der Waals surface area contributed by atoms with Crippen LogP contribution in [0, 0.1) is 0 Å². The van der Waals surface area contributed by atoms with Gasteiger partial charge in [0, 0.05) is 57.6 Å². The van der Waals surface area contributed by atoms with Gasteiger partial charge in [0.15, 0.2) is 0 Å². The third-order valence-corrected chi connectivity index (χ3v) is 14.5. The van der Waals surface area contributed by atoms with Crippen molar-refractivity contribution in [1.29, 1.82) is 0 Å². The van der Waals surface area contributed by atoms with E-state index in [1.165, 1.54) is 49.9 Å². The molecule has 0 saturated heterocycles. The normalized spacial score (nSPS) is 12.8. The van der Waals surface area contributed by atoms with Crippen molar-refractivity contribution < 1.29 is 0 Å². The lowest BCUT2D eigenvalue weighted by atomic mass is 9.70. The van der Waals surface area contributed by atoms with E-state index in [0.717, 1.165) is 83.4 Å². The fourth-order valence-corrected chi connectivity index (χ4v) is 11.4. The van der Waals surface area contributed by atoms with E-state index in [-0.39, 0.29) is 0 Å². The first-order chi connectivity index (χ1) is 34.2. The highest BCUT2D eigenvalue weighted by Crippen LogP contribution is 2.64. The van der Waals surface area contributed by atoms with Gasteiger partial charge in [-0.3, -0.25) is 9.97 Å². The van der Waals surface area contributed by atoms with Gasteiger partial charge in [0.1, 0.15) is 0 Å². The predicted molar refractivity (Wildman–Crippen MR) is 282 cm³/mol. The van der Waals surface area contributed by atoms with E-state index in [1.54, 1.807) is 0 Å². The van der Waals surface area contributed by atoms with Crippen LogP contribution in [0.4, 0.5) is 0 Å².